The van der Waals surface area contributed by atoms with Crippen molar-refractivity contribution in [2.75, 3.05) is 4.90 Å². The number of furan rings is 1. The van der Waals surface area contributed by atoms with Gasteiger partial charge < -0.3 is 13.9 Å². The third kappa shape index (κ3) is 4.45. The quantitative estimate of drug-likeness (QED) is 0.180. The van der Waals surface area contributed by atoms with Gasteiger partial charge in [0.2, 0.25) is 0 Å². The topological polar surface area (TPSA) is 21.3 Å². The van der Waals surface area contributed by atoms with Gasteiger partial charge in [0.1, 0.15) is 5.58 Å². The first-order valence-electron chi connectivity index (χ1n) is 19.7. The minimum atomic E-state index is -0.412. The Morgan fingerprint density at radius 3 is 2.06 bits per heavy atom. The average molecular weight is 688 g/mol. The van der Waals surface area contributed by atoms with Crippen molar-refractivity contribution in [2.45, 2.75) is 0 Å². The van der Waals surface area contributed by atoms with Crippen LogP contribution in [0.5, 0.6) is 0 Å². The van der Waals surface area contributed by atoms with Gasteiger partial charge in [-0.25, -0.2) is 0 Å². The summed E-state index contributed by atoms with van der Waals surface area (Å²) in [6.07, 6.45) is 0. The predicted octanol–water partition coefficient (Wildman–Crippen LogP) is 14.2. The Balaban J connectivity index is 1.08. The summed E-state index contributed by atoms with van der Waals surface area (Å²) in [5, 5.41) is 6.47. The molecule has 0 fully saturated rings. The van der Waals surface area contributed by atoms with Crippen LogP contribution in [0.15, 0.2) is 186 Å². The molecule has 0 spiro atoms. The number of rotatable bonds is 5. The Morgan fingerprint density at radius 1 is 0.500 bits per heavy atom. The molecule has 4 heteroatoms. The summed E-state index contributed by atoms with van der Waals surface area (Å²) >= 11 is 1.79. The normalized spacial score (nSPS) is 13.2. The predicted molar refractivity (Wildman–Crippen MR) is 221 cm³/mol. The average Bonchev–Trinajstić information content (AvgIpc) is 3.92. The Morgan fingerprint density at radius 2 is 1.17 bits per heavy atom. The summed E-state index contributed by atoms with van der Waals surface area (Å²) in [4.78, 5) is 2.26. The molecule has 3 heterocycles. The fraction of sp³-hybridized carbons (Fsp3) is 0. The molecule has 0 aliphatic heterocycles. The van der Waals surface area contributed by atoms with Gasteiger partial charge in [-0.05, 0) is 77.8 Å². The molecule has 0 atom stereocenters. The van der Waals surface area contributed by atoms with Crippen molar-refractivity contribution >= 4 is 92.3 Å². The van der Waals surface area contributed by atoms with Crippen LogP contribution in [0.2, 0.25) is 0 Å². The molecular weight excluding hydrogens is 653 g/mol. The lowest BCUT2D eigenvalue weighted by Crippen LogP contribution is -2.10. The second-order valence-corrected chi connectivity index (χ2v) is 14.1. The van der Waals surface area contributed by atoms with Gasteiger partial charge in [-0.2, -0.15) is 0 Å². The van der Waals surface area contributed by atoms with E-state index in [4.69, 9.17) is 11.3 Å². The Bertz CT molecular complexity index is 3410. The van der Waals surface area contributed by atoms with E-state index in [1.165, 1.54) is 20.2 Å². The minimum absolute atomic E-state index is 0.130. The number of nitrogens with zero attached hydrogens (tertiary/aromatic N) is 2. The van der Waals surface area contributed by atoms with Crippen LogP contribution in [-0.2, 0) is 0 Å². The fourth-order valence-corrected chi connectivity index (χ4v) is 8.88. The number of aromatic nitrogens is 1. The van der Waals surface area contributed by atoms with Crippen LogP contribution in [0.1, 0.15) is 6.85 Å². The number of hydrogen-bond acceptors (Lipinski definition) is 3. The van der Waals surface area contributed by atoms with E-state index in [0.717, 1.165) is 71.9 Å². The number of thiophene rings is 1. The van der Waals surface area contributed by atoms with Crippen LogP contribution in [0.25, 0.3) is 80.7 Å². The molecule has 0 saturated heterocycles. The highest BCUT2D eigenvalue weighted by molar-refractivity contribution is 7.25. The molecule has 0 unspecified atom stereocenters. The molecule has 0 amide bonds. The first-order chi connectivity index (χ1) is 27.9. The molecule has 52 heavy (non-hydrogen) atoms. The Labute approximate surface area is 310 Å². The Hall–Kier alpha value is -6.62. The first kappa shape index (κ1) is 24.5. The summed E-state index contributed by atoms with van der Waals surface area (Å²) in [5.41, 5.74) is 8.11. The zero-order chi connectivity index (χ0) is 38.5. The third-order valence-electron chi connectivity index (χ3n) is 10.1. The molecule has 0 aliphatic carbocycles. The van der Waals surface area contributed by atoms with E-state index in [0.29, 0.717) is 0 Å². The fourth-order valence-electron chi connectivity index (χ4n) is 7.74. The van der Waals surface area contributed by atoms with Gasteiger partial charge in [0.15, 0.2) is 5.58 Å². The molecule has 0 aliphatic rings. The van der Waals surface area contributed by atoms with Crippen molar-refractivity contribution in [3.05, 3.63) is 182 Å². The van der Waals surface area contributed by atoms with Crippen molar-refractivity contribution in [2.24, 2.45) is 0 Å². The number of para-hydroxylation sites is 4. The highest BCUT2D eigenvalue weighted by Gasteiger charge is 2.21. The zero-order valence-electron chi connectivity index (χ0n) is 32.6. The van der Waals surface area contributed by atoms with Gasteiger partial charge in [-0.1, -0.05) is 115 Å². The van der Waals surface area contributed by atoms with E-state index in [2.05, 4.69) is 108 Å². The number of hydrogen-bond donors (Lipinski definition) is 0. The van der Waals surface area contributed by atoms with E-state index in [1.807, 2.05) is 53.1 Å². The number of anilines is 3. The molecule has 0 bridgehead atoms. The van der Waals surface area contributed by atoms with Crippen LogP contribution < -0.4 is 4.90 Å². The molecule has 244 valence electrons. The van der Waals surface area contributed by atoms with Gasteiger partial charge in [0.05, 0.1) is 23.6 Å². The molecule has 3 aromatic heterocycles. The second-order valence-electron chi connectivity index (χ2n) is 13.0. The van der Waals surface area contributed by atoms with Crippen LogP contribution in [-0.4, -0.2) is 4.57 Å². The molecule has 8 aromatic carbocycles. The molecule has 11 rings (SSSR count). The van der Waals surface area contributed by atoms with E-state index in [-0.39, 0.29) is 29.9 Å². The highest BCUT2D eigenvalue weighted by atomic mass is 32.1. The van der Waals surface area contributed by atoms with Crippen molar-refractivity contribution in [3.63, 3.8) is 0 Å². The van der Waals surface area contributed by atoms with E-state index < -0.39 is 6.04 Å². The maximum absolute atomic E-state index is 8.84. The molecule has 3 nitrogen and oxygen atoms in total. The zero-order valence-corrected chi connectivity index (χ0v) is 28.5. The minimum Gasteiger partial charge on any atom is -0.454 e. The van der Waals surface area contributed by atoms with E-state index >= 15 is 0 Å². The lowest BCUT2D eigenvalue weighted by molar-refractivity contribution is 0.669. The lowest BCUT2D eigenvalue weighted by Gasteiger charge is -2.26. The third-order valence-corrected chi connectivity index (χ3v) is 11.2. The molecule has 11 aromatic rings. The lowest BCUT2D eigenvalue weighted by atomic mass is 10.0. The van der Waals surface area contributed by atoms with Crippen LogP contribution in [0.3, 0.4) is 0 Å². The smallest absolute Gasteiger partial charge is 0.159 e. The number of fused-ring (bicyclic) bond motifs is 9. The second kappa shape index (κ2) is 11.5. The van der Waals surface area contributed by atoms with Crippen LogP contribution >= 0.6 is 11.3 Å². The van der Waals surface area contributed by atoms with Crippen LogP contribution in [0, 0.1) is 0 Å². The van der Waals surface area contributed by atoms with Crippen molar-refractivity contribution in [1.82, 2.24) is 4.57 Å². The largest absolute Gasteiger partial charge is 0.454 e. The summed E-state index contributed by atoms with van der Waals surface area (Å²) in [7, 11) is 0. The summed E-state index contributed by atoms with van der Waals surface area (Å²) in [6, 6.07) is 50.5. The maximum atomic E-state index is 8.84. The summed E-state index contributed by atoms with van der Waals surface area (Å²) in [6.45, 7) is 0. The molecular formula is C48H30N2OS. The van der Waals surface area contributed by atoms with Crippen molar-refractivity contribution in [3.8, 4) is 16.8 Å². The van der Waals surface area contributed by atoms with Gasteiger partial charge in [0.25, 0.3) is 0 Å². The Kier molecular flexibility index (Phi) is 5.40. The molecule has 0 radical (unpaired) electrons. The SMILES string of the molecule is [2H]c1c([2H])c([2H])c(-n2c3ccccc3c3ccc(-c4ccc(N(c5ccc6c(c5)sc5ccccc56)c5cccc6c5oc5ccccc56)cc4)cc32)c([2H])c1[2H]. The van der Waals surface area contributed by atoms with Gasteiger partial charge in [0, 0.05) is 58.8 Å². The van der Waals surface area contributed by atoms with Gasteiger partial charge in [-0.15, -0.1) is 11.3 Å². The number of benzene rings is 8. The first-order valence-corrected chi connectivity index (χ1v) is 18.0. The van der Waals surface area contributed by atoms with Gasteiger partial charge >= 0.3 is 0 Å². The van der Waals surface area contributed by atoms with E-state index in [9.17, 15) is 0 Å². The van der Waals surface area contributed by atoms with Crippen LogP contribution in [0.4, 0.5) is 17.1 Å². The van der Waals surface area contributed by atoms with Crippen molar-refractivity contribution < 1.29 is 11.3 Å². The standard InChI is InChI=1S/C48H30N2OS/c1-2-11-33(12-3-1)50-42-17-7-4-13-36(42)37-27-23-32(29-44(37)50)31-21-24-34(25-22-31)49(35-26-28-40-39-15-6-9-20-46(39)52-47(40)30-35)43-18-10-16-41-38-14-5-8-19-45(38)51-48(41)43/h1-30H/i1D,2D,3D,11D,12D. The van der Waals surface area contributed by atoms with Gasteiger partial charge in [-0.3, -0.25) is 0 Å². The maximum Gasteiger partial charge on any atom is 0.159 e. The molecule has 0 N–H and O–H groups in total. The van der Waals surface area contributed by atoms with E-state index in [1.54, 1.807) is 11.3 Å². The van der Waals surface area contributed by atoms with Crippen molar-refractivity contribution in [1.29, 1.82) is 0 Å². The summed E-state index contributed by atoms with van der Waals surface area (Å²) < 4.78 is 53.6. The highest BCUT2D eigenvalue weighted by Crippen LogP contribution is 2.45. The summed E-state index contributed by atoms with van der Waals surface area (Å²) in [5.74, 6) is 0. The monoisotopic (exact) mass is 687 g/mol. The molecule has 0 saturated carbocycles.